The lowest BCUT2D eigenvalue weighted by Gasteiger charge is -2.39. The first-order chi connectivity index (χ1) is 8.10. The molecule has 2 bridgehead atoms. The van der Waals surface area contributed by atoms with Gasteiger partial charge in [-0.2, -0.15) is 8.42 Å². The van der Waals surface area contributed by atoms with Gasteiger partial charge in [0.25, 0.3) is 10.1 Å². The molecule has 0 unspecified atom stereocenters. The summed E-state index contributed by atoms with van der Waals surface area (Å²) in [4.78, 5) is 12.3. The molecule has 4 nitrogen and oxygen atoms in total. The zero-order valence-electron chi connectivity index (χ0n) is 11.6. The Hall–Kier alpha value is -0.420. The van der Waals surface area contributed by atoms with Crippen molar-refractivity contribution in [1.29, 1.82) is 0 Å². The van der Waals surface area contributed by atoms with Crippen LogP contribution in [0, 0.1) is 16.2 Å². The molecule has 0 amide bonds. The van der Waals surface area contributed by atoms with Crippen LogP contribution in [0.25, 0.3) is 0 Å². The summed E-state index contributed by atoms with van der Waals surface area (Å²) in [6, 6.07) is 0. The molecular weight excluding hydrogens is 252 g/mol. The monoisotopic (exact) mass is 274 g/mol. The molecule has 0 saturated heterocycles. The molecule has 0 aromatic rings. The number of ketones is 1. The largest absolute Gasteiger partial charge is 0.299 e. The minimum absolute atomic E-state index is 0.0637. The number of Topliss-reactive ketones (excluding diaryl/α,β-unsaturated/α-hetero) is 1. The van der Waals surface area contributed by atoms with Crippen molar-refractivity contribution in [3.8, 4) is 0 Å². The molecule has 18 heavy (non-hydrogen) atoms. The van der Waals surface area contributed by atoms with Crippen molar-refractivity contribution < 1.29 is 17.4 Å². The van der Waals surface area contributed by atoms with Crippen molar-refractivity contribution in [2.24, 2.45) is 16.2 Å². The molecule has 0 radical (unpaired) electrons. The van der Waals surface area contributed by atoms with Crippen LogP contribution in [0.2, 0.25) is 0 Å². The van der Waals surface area contributed by atoms with Crippen LogP contribution in [0.1, 0.15) is 47.0 Å². The predicted octanol–water partition coefficient (Wildman–Crippen LogP) is 2.14. The normalized spacial score (nSPS) is 38.3. The van der Waals surface area contributed by atoms with Crippen LogP contribution < -0.4 is 0 Å². The molecule has 2 aliphatic carbocycles. The second-order valence-corrected chi connectivity index (χ2v) is 8.12. The van der Waals surface area contributed by atoms with E-state index in [-0.39, 0.29) is 29.0 Å². The van der Waals surface area contributed by atoms with E-state index in [1.807, 2.05) is 13.8 Å². The van der Waals surface area contributed by atoms with Crippen LogP contribution >= 0.6 is 0 Å². The Balaban J connectivity index is 2.40. The smallest absolute Gasteiger partial charge is 0.268 e. The van der Waals surface area contributed by atoms with E-state index >= 15 is 0 Å². The van der Waals surface area contributed by atoms with Crippen LogP contribution in [-0.2, 0) is 19.1 Å². The fraction of sp³-hybridized carbons (Fsp3) is 0.923. The van der Waals surface area contributed by atoms with Gasteiger partial charge in [-0.1, -0.05) is 20.8 Å². The topological polar surface area (TPSA) is 60.4 Å². The number of hydrogen-bond donors (Lipinski definition) is 0. The van der Waals surface area contributed by atoms with Gasteiger partial charge in [0.1, 0.15) is 5.78 Å². The Morgan fingerprint density at radius 3 is 2.22 bits per heavy atom. The Morgan fingerprint density at radius 2 is 1.83 bits per heavy atom. The van der Waals surface area contributed by atoms with Crippen LogP contribution in [0.15, 0.2) is 0 Å². The summed E-state index contributed by atoms with van der Waals surface area (Å²) in [5.41, 5.74) is -1.08. The maximum absolute atomic E-state index is 12.3. The maximum atomic E-state index is 12.3. The highest BCUT2D eigenvalue weighted by Crippen LogP contribution is 2.70. The summed E-state index contributed by atoms with van der Waals surface area (Å²) in [6.07, 6.45) is 2.09. The predicted molar refractivity (Wildman–Crippen MR) is 68.6 cm³/mol. The highest BCUT2D eigenvalue weighted by molar-refractivity contribution is 7.86. The number of carbonyl (C=O) groups is 1. The van der Waals surface area contributed by atoms with Gasteiger partial charge in [0, 0.05) is 6.42 Å². The molecular formula is C13H22O4S. The standard InChI is InChI=1S/C13H22O4S/c1-5-17-18(15,16)9-13-7-6-12(4,8-10(13)14)11(13,2)3/h5-9H2,1-4H3/t12-,13-/m0/s1. The second-order valence-electron chi connectivity index (χ2n) is 6.48. The van der Waals surface area contributed by atoms with E-state index in [2.05, 4.69) is 6.92 Å². The van der Waals surface area contributed by atoms with E-state index in [1.165, 1.54) is 0 Å². The first kappa shape index (κ1) is 14.0. The van der Waals surface area contributed by atoms with Crippen molar-refractivity contribution in [1.82, 2.24) is 0 Å². The Morgan fingerprint density at radius 1 is 1.22 bits per heavy atom. The summed E-state index contributed by atoms with van der Waals surface area (Å²) >= 11 is 0. The summed E-state index contributed by atoms with van der Waals surface area (Å²) in [5.74, 6) is -0.0561. The summed E-state index contributed by atoms with van der Waals surface area (Å²) in [7, 11) is -3.61. The SMILES string of the molecule is CCOS(=O)(=O)C[C@@]12CC[C@@](C)(CC1=O)C2(C)C. The Labute approximate surface area is 109 Å². The molecule has 2 rings (SSSR count). The van der Waals surface area contributed by atoms with Crippen molar-refractivity contribution in [3.63, 3.8) is 0 Å². The lowest BCUT2D eigenvalue weighted by molar-refractivity contribution is -0.128. The summed E-state index contributed by atoms with van der Waals surface area (Å²) in [5, 5.41) is 0. The second kappa shape index (κ2) is 3.79. The molecule has 0 spiro atoms. The molecule has 2 fully saturated rings. The van der Waals surface area contributed by atoms with E-state index in [9.17, 15) is 13.2 Å². The molecule has 104 valence electrons. The molecule has 0 aromatic heterocycles. The van der Waals surface area contributed by atoms with Crippen molar-refractivity contribution in [2.45, 2.75) is 47.0 Å². The molecule has 0 heterocycles. The summed E-state index contributed by atoms with van der Waals surface area (Å²) < 4.78 is 28.7. The van der Waals surface area contributed by atoms with Gasteiger partial charge in [0.2, 0.25) is 0 Å². The molecule has 2 aliphatic rings. The minimum atomic E-state index is -3.61. The van der Waals surface area contributed by atoms with Gasteiger partial charge in [-0.3, -0.25) is 8.98 Å². The zero-order valence-corrected chi connectivity index (χ0v) is 12.4. The van der Waals surface area contributed by atoms with Gasteiger partial charge in [0.15, 0.2) is 0 Å². The quantitative estimate of drug-likeness (QED) is 0.737. The fourth-order valence-electron chi connectivity index (χ4n) is 3.87. The van der Waals surface area contributed by atoms with E-state index in [0.717, 1.165) is 6.42 Å². The first-order valence-corrected chi connectivity index (χ1v) is 8.08. The third-order valence-electron chi connectivity index (χ3n) is 5.61. The van der Waals surface area contributed by atoms with Gasteiger partial charge in [0.05, 0.1) is 17.8 Å². The first-order valence-electron chi connectivity index (χ1n) is 6.51. The van der Waals surface area contributed by atoms with Gasteiger partial charge >= 0.3 is 0 Å². The molecule has 2 atom stereocenters. The van der Waals surface area contributed by atoms with E-state index in [4.69, 9.17) is 4.18 Å². The average molecular weight is 274 g/mol. The zero-order chi connectivity index (χ0) is 13.8. The van der Waals surface area contributed by atoms with Gasteiger partial charge in [-0.05, 0) is 30.6 Å². The van der Waals surface area contributed by atoms with Gasteiger partial charge in [-0.25, -0.2) is 0 Å². The number of carbonyl (C=O) groups excluding carboxylic acids is 1. The van der Waals surface area contributed by atoms with Crippen LogP contribution in [0.3, 0.4) is 0 Å². The lowest BCUT2D eigenvalue weighted by Crippen LogP contribution is -2.43. The third-order valence-corrected chi connectivity index (χ3v) is 7.06. The number of rotatable bonds is 4. The van der Waals surface area contributed by atoms with Crippen molar-refractivity contribution >= 4 is 15.9 Å². The van der Waals surface area contributed by atoms with E-state index < -0.39 is 15.5 Å². The van der Waals surface area contributed by atoms with E-state index in [1.54, 1.807) is 6.92 Å². The Bertz CT molecular complexity index is 479. The minimum Gasteiger partial charge on any atom is -0.299 e. The van der Waals surface area contributed by atoms with Crippen LogP contribution in [-0.4, -0.2) is 26.6 Å². The maximum Gasteiger partial charge on any atom is 0.268 e. The Kier molecular flexibility index (Phi) is 2.95. The van der Waals surface area contributed by atoms with Gasteiger partial charge < -0.3 is 0 Å². The number of fused-ring (bicyclic) bond motifs is 2. The molecule has 0 N–H and O–H groups in total. The lowest BCUT2D eigenvalue weighted by atomic mass is 9.66. The van der Waals surface area contributed by atoms with Crippen molar-refractivity contribution in [2.75, 3.05) is 12.4 Å². The molecule has 0 aromatic carbocycles. The molecule has 5 heteroatoms. The fourth-order valence-corrected chi connectivity index (χ4v) is 5.58. The highest BCUT2D eigenvalue weighted by atomic mass is 32.2. The van der Waals surface area contributed by atoms with E-state index in [0.29, 0.717) is 12.8 Å². The third kappa shape index (κ3) is 1.59. The number of hydrogen-bond acceptors (Lipinski definition) is 4. The summed E-state index contributed by atoms with van der Waals surface area (Å²) in [6.45, 7) is 7.95. The van der Waals surface area contributed by atoms with Crippen LogP contribution in [0.5, 0.6) is 0 Å². The van der Waals surface area contributed by atoms with Gasteiger partial charge in [-0.15, -0.1) is 0 Å². The van der Waals surface area contributed by atoms with Crippen molar-refractivity contribution in [3.05, 3.63) is 0 Å². The molecule has 2 saturated carbocycles. The molecule has 0 aliphatic heterocycles. The highest BCUT2D eigenvalue weighted by Gasteiger charge is 2.70. The average Bonchev–Trinajstić information content (AvgIpc) is 2.46. The van der Waals surface area contributed by atoms with Crippen LogP contribution in [0.4, 0.5) is 0 Å².